The Kier molecular flexibility index (Phi) is 4.05. The first kappa shape index (κ1) is 11.3. The van der Waals surface area contributed by atoms with Crippen LogP contribution in [0.5, 0.6) is 0 Å². The van der Waals surface area contributed by atoms with Crippen LogP contribution in [-0.4, -0.2) is 6.54 Å². The second-order valence-corrected chi connectivity index (χ2v) is 4.23. The highest BCUT2D eigenvalue weighted by Crippen LogP contribution is 2.29. The summed E-state index contributed by atoms with van der Waals surface area (Å²) >= 11 is 9.29. The molecule has 72 valence electrons. The average molecular weight is 283 g/mol. The van der Waals surface area contributed by atoms with E-state index in [1.807, 2.05) is 6.07 Å². The first-order chi connectivity index (χ1) is 5.77. The van der Waals surface area contributed by atoms with Gasteiger partial charge >= 0.3 is 0 Å². The Labute approximate surface area is 97.4 Å². The molecule has 0 saturated carbocycles. The van der Waals surface area contributed by atoms with Crippen LogP contribution in [0.15, 0.2) is 22.7 Å². The van der Waals surface area contributed by atoms with Crippen LogP contribution in [0.3, 0.4) is 0 Å². The summed E-state index contributed by atoms with van der Waals surface area (Å²) in [4.78, 5) is 0. The lowest BCUT2D eigenvalue weighted by molar-refractivity contribution is 0.383. The van der Waals surface area contributed by atoms with E-state index in [0.717, 1.165) is 16.0 Å². The van der Waals surface area contributed by atoms with Crippen molar-refractivity contribution in [1.82, 2.24) is 5.32 Å². The maximum Gasteiger partial charge on any atom is 0.0548 e. The van der Waals surface area contributed by atoms with Gasteiger partial charge in [0.2, 0.25) is 0 Å². The number of hydrogen-bond donors (Lipinski definition) is 1. The van der Waals surface area contributed by atoms with Gasteiger partial charge in [-0.3, -0.25) is 0 Å². The van der Waals surface area contributed by atoms with Crippen molar-refractivity contribution in [2.75, 3.05) is 6.54 Å². The first-order valence-electron chi connectivity index (χ1n) is 3.96. The average Bonchev–Trinajstić information content (AvgIpc) is 1.93. The van der Waals surface area contributed by atoms with Crippen molar-refractivity contribution in [2.24, 2.45) is 0 Å². The summed E-state index contributed by atoms with van der Waals surface area (Å²) in [6.45, 7) is 1.13. The van der Waals surface area contributed by atoms with Crippen LogP contribution >= 0.6 is 39.9 Å². The molecule has 1 saturated heterocycles. The van der Waals surface area contributed by atoms with Crippen molar-refractivity contribution in [3.63, 3.8) is 0 Å². The molecule has 1 aliphatic heterocycles. The molecule has 0 spiro atoms. The molecule has 1 heterocycles. The molecule has 0 aromatic heterocycles. The molecule has 1 atom stereocenters. The summed E-state index contributed by atoms with van der Waals surface area (Å²) in [5.74, 6) is 0. The third-order valence-electron chi connectivity index (χ3n) is 2.17. The van der Waals surface area contributed by atoms with Crippen molar-refractivity contribution >= 4 is 39.9 Å². The van der Waals surface area contributed by atoms with Gasteiger partial charge in [-0.05, 0) is 46.6 Å². The van der Waals surface area contributed by atoms with Gasteiger partial charge in [0.1, 0.15) is 0 Å². The topological polar surface area (TPSA) is 12.0 Å². The molecule has 1 aromatic carbocycles. The number of benzene rings is 1. The highest BCUT2D eigenvalue weighted by molar-refractivity contribution is 9.10. The van der Waals surface area contributed by atoms with E-state index in [1.54, 1.807) is 0 Å². The maximum absolute atomic E-state index is 5.88. The lowest BCUT2D eigenvalue weighted by Gasteiger charge is -2.28. The zero-order valence-corrected chi connectivity index (χ0v) is 10.0. The van der Waals surface area contributed by atoms with E-state index in [2.05, 4.69) is 33.4 Å². The van der Waals surface area contributed by atoms with Crippen LogP contribution in [0.25, 0.3) is 0 Å². The fraction of sp³-hybridized carbons (Fsp3) is 0.333. The maximum atomic E-state index is 5.88. The summed E-state index contributed by atoms with van der Waals surface area (Å²) in [7, 11) is 0. The van der Waals surface area contributed by atoms with Crippen LogP contribution in [0.1, 0.15) is 18.0 Å². The Morgan fingerprint density at radius 2 is 2.15 bits per heavy atom. The predicted molar refractivity (Wildman–Crippen MR) is 61.8 cm³/mol. The Morgan fingerprint density at radius 3 is 2.62 bits per heavy atom. The Balaban J connectivity index is 0.000000845. The highest BCUT2D eigenvalue weighted by Gasteiger charge is 2.18. The molecule has 2 rings (SSSR count). The van der Waals surface area contributed by atoms with Crippen molar-refractivity contribution in [1.29, 1.82) is 0 Å². The highest BCUT2D eigenvalue weighted by atomic mass is 79.9. The van der Waals surface area contributed by atoms with Crippen molar-refractivity contribution in [2.45, 2.75) is 12.5 Å². The fourth-order valence-corrected chi connectivity index (χ4v) is 1.82. The van der Waals surface area contributed by atoms with Crippen molar-refractivity contribution < 1.29 is 0 Å². The molecule has 1 N–H and O–H groups in total. The minimum Gasteiger partial charge on any atom is -0.310 e. The van der Waals surface area contributed by atoms with Crippen LogP contribution < -0.4 is 5.32 Å². The molecule has 0 bridgehead atoms. The van der Waals surface area contributed by atoms with Crippen LogP contribution in [0, 0.1) is 0 Å². The third-order valence-corrected chi connectivity index (χ3v) is 3.38. The predicted octanol–water partition coefficient (Wildman–Crippen LogP) is 3.56. The van der Waals surface area contributed by atoms with Crippen LogP contribution in [0.4, 0.5) is 0 Å². The summed E-state index contributed by atoms with van der Waals surface area (Å²) < 4.78 is 0.982. The Hall–Kier alpha value is 0.240. The first-order valence-corrected chi connectivity index (χ1v) is 5.13. The monoisotopic (exact) mass is 281 g/mol. The molecule has 0 unspecified atom stereocenters. The molecule has 1 nitrogen and oxygen atoms in total. The molecule has 13 heavy (non-hydrogen) atoms. The van der Waals surface area contributed by atoms with Gasteiger partial charge < -0.3 is 5.32 Å². The third kappa shape index (κ3) is 2.38. The number of rotatable bonds is 1. The van der Waals surface area contributed by atoms with E-state index in [9.17, 15) is 0 Å². The normalized spacial score (nSPS) is 20.3. The molecule has 0 radical (unpaired) electrons. The summed E-state index contributed by atoms with van der Waals surface area (Å²) in [5.41, 5.74) is 1.32. The van der Waals surface area contributed by atoms with Crippen molar-refractivity contribution in [3.8, 4) is 0 Å². The Bertz CT molecular complexity index is 300. The van der Waals surface area contributed by atoms with Gasteiger partial charge in [0, 0.05) is 10.5 Å². The molecular weight excluding hydrogens is 273 g/mol. The summed E-state index contributed by atoms with van der Waals surface area (Å²) in [6.07, 6.45) is 1.23. The van der Waals surface area contributed by atoms with Crippen molar-refractivity contribution in [3.05, 3.63) is 33.3 Å². The zero-order chi connectivity index (χ0) is 8.55. The van der Waals surface area contributed by atoms with Crippen LogP contribution in [0.2, 0.25) is 5.02 Å². The van der Waals surface area contributed by atoms with Gasteiger partial charge in [0.25, 0.3) is 0 Å². The molecule has 0 amide bonds. The van der Waals surface area contributed by atoms with E-state index in [1.165, 1.54) is 12.0 Å². The smallest absolute Gasteiger partial charge is 0.0548 e. The number of halogens is 3. The van der Waals surface area contributed by atoms with E-state index < -0.39 is 0 Å². The lowest BCUT2D eigenvalue weighted by Crippen LogP contribution is -2.34. The quantitative estimate of drug-likeness (QED) is 0.831. The number of nitrogens with one attached hydrogen (secondary N) is 1. The minimum atomic E-state index is 0. The number of hydrogen-bond acceptors (Lipinski definition) is 1. The van der Waals surface area contributed by atoms with E-state index in [-0.39, 0.29) is 12.4 Å². The van der Waals surface area contributed by atoms with Crippen LogP contribution in [-0.2, 0) is 0 Å². The van der Waals surface area contributed by atoms with Gasteiger partial charge in [-0.1, -0.05) is 17.7 Å². The van der Waals surface area contributed by atoms with Gasteiger partial charge in [0.05, 0.1) is 5.02 Å². The molecule has 1 aromatic rings. The van der Waals surface area contributed by atoms with E-state index in [0.29, 0.717) is 6.04 Å². The van der Waals surface area contributed by atoms with E-state index >= 15 is 0 Å². The standard InChI is InChI=1S/C9H9BrClN.ClH/c10-7-5-6(1-2-8(7)11)9-3-4-12-9;/h1-2,5,9,12H,3-4H2;1H/t9-;/m1./s1. The SMILES string of the molecule is Cl.Clc1ccc([C@H]2CCN2)cc1Br. The lowest BCUT2D eigenvalue weighted by atomic mass is 9.98. The second-order valence-electron chi connectivity index (χ2n) is 2.97. The van der Waals surface area contributed by atoms with Gasteiger partial charge in [-0.15, -0.1) is 12.4 Å². The van der Waals surface area contributed by atoms with E-state index in [4.69, 9.17) is 11.6 Å². The molecule has 0 aliphatic carbocycles. The van der Waals surface area contributed by atoms with Gasteiger partial charge in [-0.25, -0.2) is 0 Å². The van der Waals surface area contributed by atoms with Gasteiger partial charge in [-0.2, -0.15) is 0 Å². The van der Waals surface area contributed by atoms with Gasteiger partial charge in [0.15, 0.2) is 0 Å². The summed E-state index contributed by atoms with van der Waals surface area (Å²) in [5, 5.41) is 4.12. The fourth-order valence-electron chi connectivity index (χ4n) is 1.30. The second kappa shape index (κ2) is 4.65. The molecule has 1 aliphatic rings. The molecular formula is C9H10BrCl2N. The Morgan fingerprint density at radius 1 is 1.46 bits per heavy atom. The largest absolute Gasteiger partial charge is 0.310 e. The zero-order valence-electron chi connectivity index (χ0n) is 6.89. The molecule has 1 fully saturated rings. The minimum absolute atomic E-state index is 0. The molecule has 4 heteroatoms. The summed E-state index contributed by atoms with van der Waals surface area (Å²) in [6, 6.07) is 6.63.